The molecular weight excluding hydrogens is 379 g/mol. The minimum absolute atomic E-state index is 0.0744. The second-order valence-electron chi connectivity index (χ2n) is 6.89. The zero-order valence-corrected chi connectivity index (χ0v) is 15.1. The minimum atomic E-state index is -4.50. The highest BCUT2D eigenvalue weighted by Crippen LogP contribution is 2.36. The Labute approximate surface area is 155 Å². The normalized spacial score (nSPS) is 23.5. The number of fused-ring (bicyclic) bond motifs is 3. The van der Waals surface area contributed by atoms with Gasteiger partial charge in [-0.3, -0.25) is 4.98 Å². The highest BCUT2D eigenvalue weighted by atomic mass is 32.2. The number of rotatable bonds is 2. The second kappa shape index (κ2) is 6.57. The minimum Gasteiger partial charge on any atom is -0.316 e. The van der Waals surface area contributed by atoms with Crippen LogP contribution in [0.3, 0.4) is 0 Å². The van der Waals surface area contributed by atoms with Crippen LogP contribution in [0.5, 0.6) is 0 Å². The Kier molecular flexibility index (Phi) is 4.48. The maximum atomic E-state index is 13.1. The standard InChI is InChI=1S/C18H18F3N3O2S/c19-18(20,21)14-3-5-15(6-4-14)27(25,26)24-10-12-2-1-7-23-17(12)16-9-22-8-13(16)11-24/h1-7,13,16,22H,8-11H2/t13-,16+/m1/s1. The van der Waals surface area contributed by atoms with E-state index in [1.807, 2.05) is 6.07 Å². The van der Waals surface area contributed by atoms with E-state index in [1.165, 1.54) is 4.31 Å². The van der Waals surface area contributed by atoms with Gasteiger partial charge in [0.05, 0.1) is 10.5 Å². The molecule has 1 aromatic heterocycles. The molecule has 144 valence electrons. The van der Waals surface area contributed by atoms with Gasteiger partial charge >= 0.3 is 6.18 Å². The van der Waals surface area contributed by atoms with E-state index >= 15 is 0 Å². The lowest BCUT2D eigenvalue weighted by Gasteiger charge is -2.23. The lowest BCUT2D eigenvalue weighted by molar-refractivity contribution is -0.137. The van der Waals surface area contributed by atoms with Gasteiger partial charge in [0.2, 0.25) is 10.0 Å². The summed E-state index contributed by atoms with van der Waals surface area (Å²) >= 11 is 0. The lowest BCUT2D eigenvalue weighted by atomic mass is 9.91. The van der Waals surface area contributed by atoms with Crippen LogP contribution in [0.25, 0.3) is 0 Å². The number of nitrogens with one attached hydrogen (secondary N) is 1. The molecule has 2 aliphatic heterocycles. The molecule has 3 heterocycles. The van der Waals surface area contributed by atoms with Crippen molar-refractivity contribution >= 4 is 10.0 Å². The first-order chi connectivity index (χ1) is 12.8. The highest BCUT2D eigenvalue weighted by Gasteiger charge is 2.39. The molecule has 1 fully saturated rings. The van der Waals surface area contributed by atoms with E-state index in [1.54, 1.807) is 12.3 Å². The zero-order valence-electron chi connectivity index (χ0n) is 14.3. The smallest absolute Gasteiger partial charge is 0.316 e. The number of benzene rings is 1. The van der Waals surface area contributed by atoms with E-state index in [-0.39, 0.29) is 23.3 Å². The van der Waals surface area contributed by atoms with Crippen LogP contribution in [0.2, 0.25) is 0 Å². The number of alkyl halides is 3. The van der Waals surface area contributed by atoms with Crippen molar-refractivity contribution in [3.63, 3.8) is 0 Å². The monoisotopic (exact) mass is 397 g/mol. The number of sulfonamides is 1. The average molecular weight is 397 g/mol. The van der Waals surface area contributed by atoms with Crippen molar-refractivity contribution in [2.24, 2.45) is 5.92 Å². The van der Waals surface area contributed by atoms with Gasteiger partial charge in [-0.25, -0.2) is 8.42 Å². The fourth-order valence-corrected chi connectivity index (χ4v) is 5.30. The van der Waals surface area contributed by atoms with E-state index < -0.39 is 21.8 Å². The maximum Gasteiger partial charge on any atom is 0.416 e. The molecule has 27 heavy (non-hydrogen) atoms. The van der Waals surface area contributed by atoms with E-state index in [9.17, 15) is 21.6 Å². The lowest BCUT2D eigenvalue weighted by Crippen LogP contribution is -2.35. The summed E-state index contributed by atoms with van der Waals surface area (Å²) in [6.07, 6.45) is -2.80. The van der Waals surface area contributed by atoms with Gasteiger partial charge in [-0.15, -0.1) is 0 Å². The molecule has 2 atom stereocenters. The molecule has 0 spiro atoms. The van der Waals surface area contributed by atoms with Gasteiger partial charge in [-0.1, -0.05) is 6.07 Å². The second-order valence-corrected chi connectivity index (χ2v) is 8.83. The summed E-state index contributed by atoms with van der Waals surface area (Å²) in [5.41, 5.74) is 0.869. The van der Waals surface area contributed by atoms with Crippen molar-refractivity contribution in [2.75, 3.05) is 19.6 Å². The Balaban J connectivity index is 1.70. The van der Waals surface area contributed by atoms with Crippen molar-refractivity contribution in [1.29, 1.82) is 0 Å². The number of halogens is 3. The predicted molar refractivity (Wildman–Crippen MR) is 92.4 cm³/mol. The van der Waals surface area contributed by atoms with Crippen LogP contribution in [0.1, 0.15) is 22.7 Å². The fraction of sp³-hybridized carbons (Fsp3) is 0.389. The molecule has 0 saturated carbocycles. The maximum absolute atomic E-state index is 13.1. The summed E-state index contributed by atoms with van der Waals surface area (Å²) in [5, 5.41) is 3.28. The number of nitrogens with zero attached hydrogens (tertiary/aromatic N) is 2. The van der Waals surface area contributed by atoms with Crippen LogP contribution in [0, 0.1) is 5.92 Å². The van der Waals surface area contributed by atoms with Crippen molar-refractivity contribution < 1.29 is 21.6 Å². The molecule has 5 nitrogen and oxygen atoms in total. The third kappa shape index (κ3) is 3.35. The molecule has 0 radical (unpaired) electrons. The first kappa shape index (κ1) is 18.4. The largest absolute Gasteiger partial charge is 0.416 e. The van der Waals surface area contributed by atoms with Gasteiger partial charge in [0.1, 0.15) is 0 Å². The Morgan fingerprint density at radius 3 is 2.56 bits per heavy atom. The summed E-state index contributed by atoms with van der Waals surface area (Å²) in [7, 11) is -3.92. The summed E-state index contributed by atoms with van der Waals surface area (Å²) in [4.78, 5) is 4.33. The summed E-state index contributed by atoms with van der Waals surface area (Å²) in [5.74, 6) is 0.208. The molecule has 1 N–H and O–H groups in total. The SMILES string of the molecule is O=S(=O)(c1ccc(C(F)(F)F)cc1)N1Cc2cccnc2[C@H]2CNC[C@@H]2C1. The molecule has 0 amide bonds. The molecule has 4 rings (SSSR count). The number of hydrogen-bond acceptors (Lipinski definition) is 4. The van der Waals surface area contributed by atoms with Crippen LogP contribution in [0.4, 0.5) is 13.2 Å². The Morgan fingerprint density at radius 2 is 1.85 bits per heavy atom. The number of aromatic nitrogens is 1. The molecular formula is C18H18F3N3O2S. The van der Waals surface area contributed by atoms with Gasteiger partial charge < -0.3 is 5.32 Å². The molecule has 1 aromatic carbocycles. The molecule has 0 unspecified atom stereocenters. The summed E-state index contributed by atoms with van der Waals surface area (Å²) in [6.45, 7) is 1.89. The summed E-state index contributed by atoms with van der Waals surface area (Å²) < 4.78 is 65.9. The van der Waals surface area contributed by atoms with Gasteiger partial charge in [-0.05, 0) is 48.4 Å². The van der Waals surface area contributed by atoms with E-state index in [4.69, 9.17) is 0 Å². The van der Waals surface area contributed by atoms with Gasteiger partial charge in [0.25, 0.3) is 0 Å². The van der Waals surface area contributed by atoms with E-state index in [2.05, 4.69) is 10.3 Å². The third-order valence-electron chi connectivity index (χ3n) is 5.22. The molecule has 0 aliphatic carbocycles. The average Bonchev–Trinajstić information content (AvgIpc) is 3.03. The van der Waals surface area contributed by atoms with Crippen LogP contribution in [-0.2, 0) is 22.7 Å². The van der Waals surface area contributed by atoms with Crippen LogP contribution in [-0.4, -0.2) is 37.3 Å². The van der Waals surface area contributed by atoms with E-state index in [0.717, 1.165) is 42.1 Å². The fourth-order valence-electron chi connectivity index (χ4n) is 3.83. The highest BCUT2D eigenvalue weighted by molar-refractivity contribution is 7.89. The zero-order chi connectivity index (χ0) is 19.2. The molecule has 0 bridgehead atoms. The Hall–Kier alpha value is -1.97. The van der Waals surface area contributed by atoms with Crippen molar-refractivity contribution in [3.05, 3.63) is 59.4 Å². The van der Waals surface area contributed by atoms with Crippen molar-refractivity contribution in [2.45, 2.75) is 23.5 Å². The predicted octanol–water partition coefficient (Wildman–Crippen LogP) is 2.61. The number of hydrogen-bond donors (Lipinski definition) is 1. The first-order valence-electron chi connectivity index (χ1n) is 8.59. The van der Waals surface area contributed by atoms with Gasteiger partial charge in [0.15, 0.2) is 0 Å². The molecule has 9 heteroatoms. The molecule has 2 aromatic rings. The van der Waals surface area contributed by atoms with Crippen molar-refractivity contribution in [3.8, 4) is 0 Å². The quantitative estimate of drug-likeness (QED) is 0.846. The first-order valence-corrected chi connectivity index (χ1v) is 10.0. The van der Waals surface area contributed by atoms with Crippen LogP contribution < -0.4 is 5.32 Å². The van der Waals surface area contributed by atoms with Gasteiger partial charge in [-0.2, -0.15) is 17.5 Å². The van der Waals surface area contributed by atoms with Crippen molar-refractivity contribution in [1.82, 2.24) is 14.6 Å². The van der Waals surface area contributed by atoms with E-state index in [0.29, 0.717) is 13.1 Å². The number of pyridine rings is 1. The molecule has 2 aliphatic rings. The molecule has 1 saturated heterocycles. The Morgan fingerprint density at radius 1 is 1.11 bits per heavy atom. The Bertz CT molecular complexity index is 945. The van der Waals surface area contributed by atoms with Gasteiger partial charge in [0, 0.05) is 37.4 Å². The van der Waals surface area contributed by atoms with Crippen LogP contribution in [0.15, 0.2) is 47.5 Å². The summed E-state index contributed by atoms with van der Waals surface area (Å²) in [6, 6.07) is 7.29. The van der Waals surface area contributed by atoms with Crippen LogP contribution >= 0.6 is 0 Å². The third-order valence-corrected chi connectivity index (χ3v) is 7.05. The topological polar surface area (TPSA) is 62.3 Å².